The monoisotopic (exact) mass is 462 g/mol. The van der Waals surface area contributed by atoms with Gasteiger partial charge in [0.15, 0.2) is 5.13 Å². The third kappa shape index (κ3) is 6.77. The third-order valence-corrected chi connectivity index (χ3v) is 6.24. The van der Waals surface area contributed by atoms with Gasteiger partial charge in [0, 0.05) is 28.0 Å². The van der Waals surface area contributed by atoms with Crippen molar-refractivity contribution in [3.63, 3.8) is 0 Å². The second-order valence-electron chi connectivity index (χ2n) is 8.14. The van der Waals surface area contributed by atoms with Gasteiger partial charge in [-0.25, -0.2) is 4.98 Å². The average Bonchev–Trinajstić information content (AvgIpc) is 3.47. The van der Waals surface area contributed by atoms with Gasteiger partial charge in [0.05, 0.1) is 12.1 Å². The lowest BCUT2D eigenvalue weighted by Gasteiger charge is -2.21. The lowest BCUT2D eigenvalue weighted by Crippen LogP contribution is -2.39. The van der Waals surface area contributed by atoms with E-state index in [0.29, 0.717) is 27.3 Å². The number of nitrogens with one attached hydrogen (secondary N) is 2. The van der Waals surface area contributed by atoms with Crippen LogP contribution in [0.2, 0.25) is 5.02 Å². The van der Waals surface area contributed by atoms with Crippen LogP contribution in [0.15, 0.2) is 29.6 Å². The maximum absolute atomic E-state index is 12.8. The first-order valence-corrected chi connectivity index (χ1v) is 11.6. The number of amides is 3. The van der Waals surface area contributed by atoms with Gasteiger partial charge in [-0.3, -0.25) is 14.4 Å². The minimum atomic E-state index is -0.312. The number of nitrogens with zero attached hydrogens (tertiary/aromatic N) is 2. The Bertz CT molecular complexity index is 940. The summed E-state index contributed by atoms with van der Waals surface area (Å²) in [4.78, 5) is 43.4. The summed E-state index contributed by atoms with van der Waals surface area (Å²) in [6.45, 7) is 6.01. The molecule has 3 rings (SSSR count). The molecule has 1 saturated carbocycles. The van der Waals surface area contributed by atoms with Crippen molar-refractivity contribution >= 4 is 45.8 Å². The van der Waals surface area contributed by atoms with E-state index in [4.69, 9.17) is 11.6 Å². The summed E-state index contributed by atoms with van der Waals surface area (Å²) in [6.07, 6.45) is 1.93. The zero-order valence-electron chi connectivity index (χ0n) is 17.9. The summed E-state index contributed by atoms with van der Waals surface area (Å²) in [5.74, 6) is -0.254. The van der Waals surface area contributed by atoms with Crippen molar-refractivity contribution in [2.45, 2.75) is 52.1 Å². The molecule has 0 radical (unpaired) electrons. The molecule has 0 bridgehead atoms. The first kappa shape index (κ1) is 23.2. The van der Waals surface area contributed by atoms with Crippen LogP contribution in [0.4, 0.5) is 5.13 Å². The van der Waals surface area contributed by atoms with E-state index >= 15 is 0 Å². The molecule has 0 aliphatic heterocycles. The molecule has 166 valence electrons. The molecule has 0 saturated heterocycles. The smallest absolute Gasteiger partial charge is 0.254 e. The van der Waals surface area contributed by atoms with E-state index in [1.165, 1.54) is 11.3 Å². The maximum atomic E-state index is 12.8. The van der Waals surface area contributed by atoms with Crippen molar-refractivity contribution in [2.24, 2.45) is 5.92 Å². The highest BCUT2D eigenvalue weighted by molar-refractivity contribution is 7.13. The van der Waals surface area contributed by atoms with Gasteiger partial charge in [0.2, 0.25) is 11.8 Å². The third-order valence-electron chi connectivity index (χ3n) is 5.18. The number of benzene rings is 1. The van der Waals surface area contributed by atoms with Crippen LogP contribution < -0.4 is 10.6 Å². The Labute approximate surface area is 191 Å². The molecule has 7 nitrogen and oxygen atoms in total. The number of aromatic nitrogens is 1. The molecule has 0 spiro atoms. The summed E-state index contributed by atoms with van der Waals surface area (Å²) in [6, 6.07) is 6.81. The molecule has 2 aromatic rings. The van der Waals surface area contributed by atoms with E-state index in [1.54, 1.807) is 34.5 Å². The van der Waals surface area contributed by atoms with Crippen LogP contribution in [0, 0.1) is 5.92 Å². The topological polar surface area (TPSA) is 91.4 Å². The van der Waals surface area contributed by atoms with Crippen molar-refractivity contribution in [3.8, 4) is 0 Å². The van der Waals surface area contributed by atoms with Crippen molar-refractivity contribution in [1.29, 1.82) is 0 Å². The fraction of sp³-hybridized carbons (Fsp3) is 0.455. The van der Waals surface area contributed by atoms with Gasteiger partial charge in [0.1, 0.15) is 6.54 Å². The van der Waals surface area contributed by atoms with Gasteiger partial charge in [-0.1, -0.05) is 25.4 Å². The number of halogens is 1. The molecule has 31 heavy (non-hydrogen) atoms. The van der Waals surface area contributed by atoms with Crippen molar-refractivity contribution in [1.82, 2.24) is 15.2 Å². The predicted molar refractivity (Wildman–Crippen MR) is 122 cm³/mol. The normalized spacial score (nSPS) is 14.2. The first-order chi connectivity index (χ1) is 14.7. The molecule has 1 aromatic heterocycles. The molecule has 2 N–H and O–H groups in total. The van der Waals surface area contributed by atoms with Crippen LogP contribution >= 0.6 is 22.9 Å². The van der Waals surface area contributed by atoms with Gasteiger partial charge in [-0.2, -0.15) is 0 Å². The molecular weight excluding hydrogens is 436 g/mol. The average molecular weight is 463 g/mol. The number of carbonyl (C=O) groups is 3. The zero-order valence-corrected chi connectivity index (χ0v) is 19.4. The molecule has 1 aliphatic rings. The molecule has 1 unspecified atom stereocenters. The quantitative estimate of drug-likeness (QED) is 0.593. The zero-order chi connectivity index (χ0) is 22.5. The van der Waals surface area contributed by atoms with Crippen LogP contribution in [-0.4, -0.2) is 46.2 Å². The van der Waals surface area contributed by atoms with Crippen molar-refractivity contribution in [3.05, 3.63) is 45.9 Å². The summed E-state index contributed by atoms with van der Waals surface area (Å²) < 4.78 is 0. The Kier molecular flexibility index (Phi) is 7.67. The standard InChI is InChI=1S/C22H27ClN4O3S/c1-13(2)14(3)24-19(28)10-17-12-31-22(25-17)26-20(29)11-27(18-8-9-18)21(30)15-4-6-16(23)7-5-15/h4-7,12-14,18H,8-11H2,1-3H3,(H,24,28)(H,25,26,29). The van der Waals surface area contributed by atoms with E-state index in [0.717, 1.165) is 12.8 Å². The lowest BCUT2D eigenvalue weighted by molar-refractivity contribution is -0.121. The van der Waals surface area contributed by atoms with E-state index in [1.807, 2.05) is 20.8 Å². The number of carbonyl (C=O) groups excluding carboxylic acids is 3. The Morgan fingerprint density at radius 1 is 1.16 bits per heavy atom. The van der Waals surface area contributed by atoms with Crippen LogP contribution in [0.5, 0.6) is 0 Å². The van der Waals surface area contributed by atoms with E-state index in [9.17, 15) is 14.4 Å². The van der Waals surface area contributed by atoms with Gasteiger partial charge in [-0.05, 0) is 49.9 Å². The molecule has 1 aromatic carbocycles. The van der Waals surface area contributed by atoms with Crippen LogP contribution in [0.25, 0.3) is 0 Å². The molecular formula is C22H27ClN4O3S. The number of hydrogen-bond acceptors (Lipinski definition) is 5. The van der Waals surface area contributed by atoms with E-state index in [-0.39, 0.29) is 42.8 Å². The summed E-state index contributed by atoms with van der Waals surface area (Å²) >= 11 is 7.16. The number of anilines is 1. The van der Waals surface area contributed by atoms with Gasteiger partial charge >= 0.3 is 0 Å². The van der Waals surface area contributed by atoms with Gasteiger partial charge in [0.25, 0.3) is 5.91 Å². The molecule has 1 fully saturated rings. The number of thiazole rings is 1. The highest BCUT2D eigenvalue weighted by Gasteiger charge is 2.34. The Morgan fingerprint density at radius 2 is 1.84 bits per heavy atom. The van der Waals surface area contributed by atoms with Gasteiger partial charge in [-0.15, -0.1) is 11.3 Å². The summed E-state index contributed by atoms with van der Waals surface area (Å²) in [5.41, 5.74) is 1.10. The highest BCUT2D eigenvalue weighted by atomic mass is 35.5. The largest absolute Gasteiger partial charge is 0.353 e. The van der Waals surface area contributed by atoms with E-state index in [2.05, 4.69) is 15.6 Å². The molecule has 3 amide bonds. The second kappa shape index (κ2) is 10.2. The number of hydrogen-bond donors (Lipinski definition) is 2. The summed E-state index contributed by atoms with van der Waals surface area (Å²) in [7, 11) is 0. The molecule has 1 heterocycles. The predicted octanol–water partition coefficient (Wildman–Crippen LogP) is 3.74. The van der Waals surface area contributed by atoms with Gasteiger partial charge < -0.3 is 15.5 Å². The van der Waals surface area contributed by atoms with Crippen molar-refractivity contribution < 1.29 is 14.4 Å². The first-order valence-electron chi connectivity index (χ1n) is 10.3. The minimum absolute atomic E-state index is 0.0482. The minimum Gasteiger partial charge on any atom is -0.353 e. The highest BCUT2D eigenvalue weighted by Crippen LogP contribution is 2.28. The maximum Gasteiger partial charge on any atom is 0.254 e. The van der Waals surface area contributed by atoms with Crippen LogP contribution in [0.1, 0.15) is 49.7 Å². The Morgan fingerprint density at radius 3 is 2.45 bits per heavy atom. The van der Waals surface area contributed by atoms with E-state index < -0.39 is 0 Å². The molecule has 1 aliphatic carbocycles. The Hall–Kier alpha value is -2.45. The Balaban J connectivity index is 1.55. The molecule has 1 atom stereocenters. The van der Waals surface area contributed by atoms with Crippen LogP contribution in [-0.2, 0) is 16.0 Å². The molecule has 9 heteroatoms. The second-order valence-corrected chi connectivity index (χ2v) is 9.43. The number of rotatable bonds is 9. The van der Waals surface area contributed by atoms with Crippen LogP contribution in [0.3, 0.4) is 0 Å². The fourth-order valence-corrected chi connectivity index (χ4v) is 3.76. The fourth-order valence-electron chi connectivity index (χ4n) is 2.91. The summed E-state index contributed by atoms with van der Waals surface area (Å²) in [5, 5.41) is 8.41. The van der Waals surface area contributed by atoms with Crippen molar-refractivity contribution in [2.75, 3.05) is 11.9 Å². The SMILES string of the molecule is CC(C)C(C)NC(=O)Cc1csc(NC(=O)CN(C(=O)c2ccc(Cl)cc2)C2CC2)n1. The lowest BCUT2D eigenvalue weighted by atomic mass is 10.1.